The Hall–Kier alpha value is -0.840. The average Bonchev–Trinajstić information content (AvgIpc) is 3.20. The minimum atomic E-state index is 0.529. The van der Waals surface area contributed by atoms with Crippen molar-refractivity contribution in [2.75, 3.05) is 19.8 Å². The van der Waals surface area contributed by atoms with Gasteiger partial charge in [0.1, 0.15) is 18.1 Å². The van der Waals surface area contributed by atoms with Gasteiger partial charge in [-0.15, -0.1) is 0 Å². The van der Waals surface area contributed by atoms with Gasteiger partial charge in [-0.25, -0.2) is 0 Å². The number of nitrogens with one attached hydrogen (secondary N) is 1. The third kappa shape index (κ3) is 5.65. The largest absolute Gasteiger partial charge is 0.462 e. The molecule has 1 aromatic rings. The third-order valence-corrected chi connectivity index (χ3v) is 3.46. The summed E-state index contributed by atoms with van der Waals surface area (Å²) in [5.41, 5.74) is 1.20. The van der Waals surface area contributed by atoms with E-state index < -0.39 is 0 Å². The van der Waals surface area contributed by atoms with Crippen LogP contribution in [0, 0.1) is 6.92 Å². The minimum Gasteiger partial charge on any atom is -0.462 e. The third-order valence-electron chi connectivity index (χ3n) is 3.46. The van der Waals surface area contributed by atoms with Crippen molar-refractivity contribution in [3.8, 4) is 0 Å². The summed E-state index contributed by atoms with van der Waals surface area (Å²) in [7, 11) is 0. The van der Waals surface area contributed by atoms with E-state index in [1.165, 1.54) is 24.8 Å². The summed E-state index contributed by atoms with van der Waals surface area (Å²) in [6.45, 7) is 7.73. The van der Waals surface area contributed by atoms with E-state index in [0.29, 0.717) is 25.9 Å². The van der Waals surface area contributed by atoms with E-state index in [2.05, 4.69) is 25.2 Å². The van der Waals surface area contributed by atoms with Crippen molar-refractivity contribution in [1.82, 2.24) is 5.32 Å². The molecule has 1 saturated carbocycles. The molecular formula is C16H27NO3. The van der Waals surface area contributed by atoms with Crippen molar-refractivity contribution in [2.45, 2.75) is 58.7 Å². The Balaban J connectivity index is 1.59. The van der Waals surface area contributed by atoms with E-state index in [1.807, 2.05) is 0 Å². The zero-order chi connectivity index (χ0) is 14.2. The molecule has 1 aliphatic rings. The number of ether oxygens (including phenoxy) is 2. The van der Waals surface area contributed by atoms with E-state index in [0.717, 1.165) is 31.1 Å². The van der Waals surface area contributed by atoms with Crippen LogP contribution in [0.15, 0.2) is 10.5 Å². The molecule has 0 amide bonds. The van der Waals surface area contributed by atoms with E-state index >= 15 is 0 Å². The molecule has 20 heavy (non-hydrogen) atoms. The van der Waals surface area contributed by atoms with Gasteiger partial charge in [0.05, 0.1) is 19.8 Å². The van der Waals surface area contributed by atoms with Gasteiger partial charge in [-0.2, -0.15) is 0 Å². The Morgan fingerprint density at radius 2 is 2.05 bits per heavy atom. The molecule has 0 unspecified atom stereocenters. The Morgan fingerprint density at radius 1 is 1.25 bits per heavy atom. The first-order valence-corrected chi connectivity index (χ1v) is 7.76. The fourth-order valence-corrected chi connectivity index (χ4v) is 2.00. The lowest BCUT2D eigenvalue weighted by atomic mass is 10.2. The average molecular weight is 281 g/mol. The monoisotopic (exact) mass is 281 g/mol. The first-order valence-electron chi connectivity index (χ1n) is 7.76. The summed E-state index contributed by atoms with van der Waals surface area (Å²) in [4.78, 5) is 0. The van der Waals surface area contributed by atoms with E-state index in [-0.39, 0.29) is 0 Å². The predicted octanol–water partition coefficient (Wildman–Crippen LogP) is 3.17. The summed E-state index contributed by atoms with van der Waals surface area (Å²) in [6, 6.07) is 2.78. The van der Waals surface area contributed by atoms with E-state index in [1.54, 1.807) is 0 Å². The number of hydrogen-bond acceptors (Lipinski definition) is 4. The molecule has 2 rings (SSSR count). The van der Waals surface area contributed by atoms with Crippen molar-refractivity contribution in [2.24, 2.45) is 0 Å². The van der Waals surface area contributed by atoms with Crippen molar-refractivity contribution in [3.05, 3.63) is 23.2 Å². The highest BCUT2D eigenvalue weighted by atomic mass is 16.5. The van der Waals surface area contributed by atoms with Crippen molar-refractivity contribution >= 4 is 0 Å². The van der Waals surface area contributed by atoms with Crippen molar-refractivity contribution in [3.63, 3.8) is 0 Å². The highest BCUT2D eigenvalue weighted by Crippen LogP contribution is 2.21. The fraction of sp³-hybridized carbons (Fsp3) is 0.750. The second-order valence-corrected chi connectivity index (χ2v) is 5.49. The molecule has 4 nitrogen and oxygen atoms in total. The molecule has 0 aromatic carbocycles. The molecule has 1 heterocycles. The molecule has 0 aliphatic heterocycles. The van der Waals surface area contributed by atoms with Gasteiger partial charge >= 0.3 is 0 Å². The fourth-order valence-electron chi connectivity index (χ4n) is 2.00. The SMILES string of the molecule is CCCCOCCOCc1cc(C)c(CNC2CC2)o1. The van der Waals surface area contributed by atoms with Crippen LogP contribution >= 0.6 is 0 Å². The van der Waals surface area contributed by atoms with Gasteiger partial charge < -0.3 is 19.2 Å². The van der Waals surface area contributed by atoms with Crippen LogP contribution in [0.5, 0.6) is 0 Å². The van der Waals surface area contributed by atoms with Crippen LogP contribution in [0.25, 0.3) is 0 Å². The number of furan rings is 1. The minimum absolute atomic E-state index is 0.529. The molecule has 114 valence electrons. The molecule has 0 bridgehead atoms. The van der Waals surface area contributed by atoms with Gasteiger partial charge in [0.25, 0.3) is 0 Å². The number of hydrogen-bond donors (Lipinski definition) is 1. The lowest BCUT2D eigenvalue weighted by Gasteiger charge is -2.04. The quantitative estimate of drug-likeness (QED) is 0.633. The maximum absolute atomic E-state index is 5.81. The summed E-state index contributed by atoms with van der Waals surface area (Å²) in [5.74, 6) is 1.94. The Morgan fingerprint density at radius 3 is 2.80 bits per heavy atom. The van der Waals surface area contributed by atoms with Gasteiger partial charge in [0.15, 0.2) is 0 Å². The molecule has 0 radical (unpaired) electrons. The van der Waals surface area contributed by atoms with Crippen LogP contribution in [0.3, 0.4) is 0 Å². The zero-order valence-electron chi connectivity index (χ0n) is 12.7. The second-order valence-electron chi connectivity index (χ2n) is 5.49. The lowest BCUT2D eigenvalue weighted by Crippen LogP contribution is -2.15. The Kier molecular flexibility index (Phi) is 6.57. The summed E-state index contributed by atoms with van der Waals surface area (Å²) in [5, 5.41) is 3.47. The predicted molar refractivity (Wildman–Crippen MR) is 78.7 cm³/mol. The normalized spacial score (nSPS) is 14.9. The van der Waals surface area contributed by atoms with E-state index in [9.17, 15) is 0 Å². The zero-order valence-corrected chi connectivity index (χ0v) is 12.7. The number of unbranched alkanes of at least 4 members (excludes halogenated alkanes) is 1. The Labute approximate surface area is 121 Å². The molecule has 4 heteroatoms. The topological polar surface area (TPSA) is 43.6 Å². The van der Waals surface area contributed by atoms with E-state index in [4.69, 9.17) is 13.9 Å². The smallest absolute Gasteiger partial charge is 0.130 e. The highest BCUT2D eigenvalue weighted by molar-refractivity contribution is 5.19. The Bertz CT molecular complexity index is 385. The molecule has 0 atom stereocenters. The van der Waals surface area contributed by atoms with Crippen LogP contribution in [-0.2, 0) is 22.6 Å². The molecule has 1 aliphatic carbocycles. The van der Waals surface area contributed by atoms with Crippen molar-refractivity contribution in [1.29, 1.82) is 0 Å². The maximum Gasteiger partial charge on any atom is 0.130 e. The van der Waals surface area contributed by atoms with Gasteiger partial charge in [0.2, 0.25) is 0 Å². The van der Waals surface area contributed by atoms with Crippen LogP contribution in [-0.4, -0.2) is 25.9 Å². The highest BCUT2D eigenvalue weighted by Gasteiger charge is 2.21. The lowest BCUT2D eigenvalue weighted by molar-refractivity contribution is 0.0336. The van der Waals surface area contributed by atoms with Crippen LogP contribution in [0.2, 0.25) is 0 Å². The first kappa shape index (κ1) is 15.5. The van der Waals surface area contributed by atoms with Crippen molar-refractivity contribution < 1.29 is 13.9 Å². The summed E-state index contributed by atoms with van der Waals surface area (Å²) in [6.07, 6.45) is 4.89. The van der Waals surface area contributed by atoms with Gasteiger partial charge in [0, 0.05) is 12.6 Å². The van der Waals surface area contributed by atoms with Gasteiger partial charge in [-0.1, -0.05) is 13.3 Å². The van der Waals surface area contributed by atoms with Crippen LogP contribution in [0.1, 0.15) is 49.7 Å². The van der Waals surface area contributed by atoms with Gasteiger partial charge in [-0.3, -0.25) is 0 Å². The molecular weight excluding hydrogens is 254 g/mol. The molecule has 0 saturated heterocycles. The molecule has 0 spiro atoms. The standard InChI is InChI=1S/C16H27NO3/c1-3-4-7-18-8-9-19-12-15-10-13(2)16(20-15)11-17-14-5-6-14/h10,14,17H,3-9,11-12H2,1-2H3. The second kappa shape index (κ2) is 8.45. The summed E-state index contributed by atoms with van der Waals surface area (Å²) >= 11 is 0. The summed E-state index contributed by atoms with van der Waals surface area (Å²) < 4.78 is 16.8. The van der Waals surface area contributed by atoms with Crippen LogP contribution in [0.4, 0.5) is 0 Å². The van der Waals surface area contributed by atoms with Crippen LogP contribution < -0.4 is 5.32 Å². The molecule has 1 N–H and O–H groups in total. The maximum atomic E-state index is 5.81. The molecule has 1 aromatic heterocycles. The van der Waals surface area contributed by atoms with Gasteiger partial charge in [-0.05, 0) is 37.8 Å². The molecule has 1 fully saturated rings. The number of aryl methyl sites for hydroxylation is 1. The number of rotatable bonds is 11. The first-order chi connectivity index (χ1) is 9.79.